The maximum Gasteiger partial charge on any atom is 0.411 e. The number of rotatable bonds is 4. The Labute approximate surface area is 150 Å². The number of hydrogen-bond acceptors (Lipinski definition) is 5. The summed E-state index contributed by atoms with van der Waals surface area (Å²) in [5, 5.41) is 5.19. The summed E-state index contributed by atoms with van der Waals surface area (Å²) in [7, 11) is -2.54. The fourth-order valence-corrected chi connectivity index (χ4v) is 3.60. The number of amides is 2. The number of ether oxygens (including phenoxy) is 1. The van der Waals surface area contributed by atoms with Gasteiger partial charge in [0.15, 0.2) is 0 Å². The fraction of sp³-hybridized carbons (Fsp3) is 0.176. The van der Waals surface area contributed by atoms with E-state index in [0.29, 0.717) is 29.9 Å². The average Bonchev–Trinajstić information content (AvgIpc) is 2.62. The highest BCUT2D eigenvalue weighted by Crippen LogP contribution is 2.27. The molecule has 0 saturated carbocycles. The monoisotopic (exact) mass is 375 g/mol. The summed E-state index contributed by atoms with van der Waals surface area (Å²) in [6.45, 7) is 0. The third kappa shape index (κ3) is 3.94. The van der Waals surface area contributed by atoms with Gasteiger partial charge in [-0.25, -0.2) is 13.2 Å². The van der Waals surface area contributed by atoms with Gasteiger partial charge in [0.1, 0.15) is 0 Å². The third-order valence-corrected chi connectivity index (χ3v) is 5.25. The number of hydrogen-bond donors (Lipinski definition) is 3. The van der Waals surface area contributed by atoms with E-state index in [2.05, 4.69) is 20.1 Å². The quantitative estimate of drug-likeness (QED) is 0.760. The van der Waals surface area contributed by atoms with Gasteiger partial charge >= 0.3 is 6.09 Å². The van der Waals surface area contributed by atoms with Crippen LogP contribution in [-0.2, 0) is 26.0 Å². The van der Waals surface area contributed by atoms with E-state index in [-0.39, 0.29) is 10.8 Å². The normalized spacial score (nSPS) is 13.3. The Morgan fingerprint density at radius 3 is 2.46 bits per heavy atom. The topological polar surface area (TPSA) is 114 Å². The van der Waals surface area contributed by atoms with E-state index in [1.165, 1.54) is 31.4 Å². The van der Waals surface area contributed by atoms with E-state index >= 15 is 0 Å². The summed E-state index contributed by atoms with van der Waals surface area (Å²) in [5.74, 6) is -0.0496. The van der Waals surface area contributed by atoms with Gasteiger partial charge in [-0.05, 0) is 54.4 Å². The predicted molar refractivity (Wildman–Crippen MR) is 96.7 cm³/mol. The minimum Gasteiger partial charge on any atom is -0.453 e. The SMILES string of the molecule is COC(=O)Nc1ccc(S(=O)(=O)Nc2ccc3c(c2)CCC(=O)N3)cc1. The molecule has 0 aromatic heterocycles. The molecule has 9 heteroatoms. The molecular formula is C17H17N3O5S. The van der Waals surface area contributed by atoms with Crippen molar-refractivity contribution in [1.82, 2.24) is 0 Å². The van der Waals surface area contributed by atoms with Crippen LogP contribution in [0.3, 0.4) is 0 Å². The molecule has 0 aliphatic carbocycles. The van der Waals surface area contributed by atoms with Crippen LogP contribution < -0.4 is 15.4 Å². The molecule has 8 nitrogen and oxygen atoms in total. The van der Waals surface area contributed by atoms with Crippen LogP contribution in [0.15, 0.2) is 47.4 Å². The Morgan fingerprint density at radius 1 is 1.08 bits per heavy atom. The predicted octanol–water partition coefficient (Wildman–Crippen LogP) is 2.55. The van der Waals surface area contributed by atoms with Crippen molar-refractivity contribution < 1.29 is 22.7 Å². The molecule has 26 heavy (non-hydrogen) atoms. The van der Waals surface area contributed by atoms with Gasteiger partial charge in [-0.15, -0.1) is 0 Å². The van der Waals surface area contributed by atoms with Gasteiger partial charge in [0.2, 0.25) is 5.91 Å². The lowest BCUT2D eigenvalue weighted by Crippen LogP contribution is -2.19. The number of carbonyl (C=O) groups is 2. The molecule has 0 fully saturated rings. The van der Waals surface area contributed by atoms with Crippen molar-refractivity contribution in [3.05, 3.63) is 48.0 Å². The first-order valence-corrected chi connectivity index (χ1v) is 9.26. The smallest absolute Gasteiger partial charge is 0.411 e. The fourth-order valence-electron chi connectivity index (χ4n) is 2.55. The number of anilines is 3. The molecule has 1 aliphatic rings. The Hall–Kier alpha value is -3.07. The maximum atomic E-state index is 12.5. The standard InChI is InChI=1S/C17H17N3O5S/c1-25-17(22)18-12-3-6-14(7-4-12)26(23,24)20-13-5-8-15-11(10-13)2-9-16(21)19-15/h3-8,10,20H,2,9H2,1H3,(H,18,22)(H,19,21). The second-order valence-corrected chi connectivity index (χ2v) is 7.35. The van der Waals surface area contributed by atoms with Gasteiger partial charge < -0.3 is 10.1 Å². The molecule has 0 unspecified atom stereocenters. The van der Waals surface area contributed by atoms with E-state index < -0.39 is 16.1 Å². The van der Waals surface area contributed by atoms with E-state index in [4.69, 9.17) is 0 Å². The van der Waals surface area contributed by atoms with Crippen molar-refractivity contribution in [2.75, 3.05) is 22.5 Å². The number of sulfonamides is 1. The van der Waals surface area contributed by atoms with Crippen LogP contribution in [0.25, 0.3) is 0 Å². The van der Waals surface area contributed by atoms with Crippen molar-refractivity contribution in [1.29, 1.82) is 0 Å². The Morgan fingerprint density at radius 2 is 1.77 bits per heavy atom. The number of methoxy groups -OCH3 is 1. The number of aryl methyl sites for hydroxylation is 1. The van der Waals surface area contributed by atoms with Gasteiger partial charge in [-0.1, -0.05) is 0 Å². The van der Waals surface area contributed by atoms with Crippen LogP contribution in [0.1, 0.15) is 12.0 Å². The van der Waals surface area contributed by atoms with Crippen LogP contribution in [-0.4, -0.2) is 27.5 Å². The van der Waals surface area contributed by atoms with Crippen molar-refractivity contribution >= 4 is 39.1 Å². The zero-order valence-corrected chi connectivity index (χ0v) is 14.7. The lowest BCUT2D eigenvalue weighted by atomic mass is 10.0. The lowest BCUT2D eigenvalue weighted by molar-refractivity contribution is -0.116. The van der Waals surface area contributed by atoms with Crippen LogP contribution in [0.2, 0.25) is 0 Å². The van der Waals surface area contributed by atoms with Gasteiger partial charge in [0, 0.05) is 23.5 Å². The van der Waals surface area contributed by atoms with Crippen LogP contribution in [0, 0.1) is 0 Å². The van der Waals surface area contributed by atoms with E-state index in [9.17, 15) is 18.0 Å². The molecule has 2 aromatic rings. The van der Waals surface area contributed by atoms with E-state index in [0.717, 1.165) is 5.56 Å². The first-order chi connectivity index (χ1) is 12.4. The van der Waals surface area contributed by atoms with Crippen molar-refractivity contribution in [3.8, 4) is 0 Å². The highest BCUT2D eigenvalue weighted by Gasteiger charge is 2.18. The Kier molecular flexibility index (Phi) is 4.81. The van der Waals surface area contributed by atoms with E-state index in [1.807, 2.05) is 0 Å². The summed E-state index contributed by atoms with van der Waals surface area (Å²) in [5.41, 5.74) is 2.40. The second-order valence-electron chi connectivity index (χ2n) is 5.67. The zero-order chi connectivity index (χ0) is 18.7. The molecule has 0 atom stereocenters. The number of benzene rings is 2. The summed E-state index contributed by atoms with van der Waals surface area (Å²) in [6, 6.07) is 10.7. The molecule has 0 radical (unpaired) electrons. The lowest BCUT2D eigenvalue weighted by Gasteiger charge is -2.18. The molecule has 0 spiro atoms. The maximum absolute atomic E-state index is 12.5. The molecule has 136 valence electrons. The Bertz CT molecular complexity index is 955. The molecule has 0 bridgehead atoms. The van der Waals surface area contributed by atoms with Gasteiger partial charge in [0.25, 0.3) is 10.0 Å². The third-order valence-electron chi connectivity index (χ3n) is 3.85. The molecule has 2 amide bonds. The van der Waals surface area contributed by atoms with Gasteiger partial charge in [-0.2, -0.15) is 0 Å². The summed E-state index contributed by atoms with van der Waals surface area (Å²) >= 11 is 0. The first-order valence-electron chi connectivity index (χ1n) is 7.78. The first kappa shape index (κ1) is 17.7. The van der Waals surface area contributed by atoms with Crippen molar-refractivity contribution in [2.45, 2.75) is 17.7 Å². The van der Waals surface area contributed by atoms with Crippen LogP contribution in [0.5, 0.6) is 0 Å². The summed E-state index contributed by atoms with van der Waals surface area (Å²) < 4.78 is 32.0. The van der Waals surface area contributed by atoms with Crippen LogP contribution in [0.4, 0.5) is 21.9 Å². The molecule has 3 rings (SSSR count). The van der Waals surface area contributed by atoms with Gasteiger partial charge in [0.05, 0.1) is 12.0 Å². The molecule has 1 heterocycles. The Balaban J connectivity index is 1.76. The molecular weight excluding hydrogens is 358 g/mol. The number of fused-ring (bicyclic) bond motifs is 1. The number of nitrogens with one attached hydrogen (secondary N) is 3. The van der Waals surface area contributed by atoms with Crippen LogP contribution >= 0.6 is 0 Å². The minimum absolute atomic E-state index is 0.0496. The highest BCUT2D eigenvalue weighted by molar-refractivity contribution is 7.92. The molecule has 3 N–H and O–H groups in total. The van der Waals surface area contributed by atoms with Crippen molar-refractivity contribution in [2.24, 2.45) is 0 Å². The highest BCUT2D eigenvalue weighted by atomic mass is 32.2. The molecule has 0 saturated heterocycles. The zero-order valence-electron chi connectivity index (χ0n) is 13.9. The minimum atomic E-state index is -3.78. The van der Waals surface area contributed by atoms with Crippen molar-refractivity contribution in [3.63, 3.8) is 0 Å². The number of carbonyl (C=O) groups excluding carboxylic acids is 2. The average molecular weight is 375 g/mol. The summed E-state index contributed by atoms with van der Waals surface area (Å²) in [4.78, 5) is 22.6. The molecule has 2 aromatic carbocycles. The molecule has 1 aliphatic heterocycles. The largest absolute Gasteiger partial charge is 0.453 e. The summed E-state index contributed by atoms with van der Waals surface area (Å²) in [6.07, 6.45) is 0.294. The van der Waals surface area contributed by atoms with E-state index in [1.54, 1.807) is 18.2 Å². The van der Waals surface area contributed by atoms with Gasteiger partial charge in [-0.3, -0.25) is 14.8 Å². The second kappa shape index (κ2) is 7.04.